The van der Waals surface area contributed by atoms with Gasteiger partial charge < -0.3 is 5.32 Å². The average molecular weight is 284 g/mol. The van der Waals surface area contributed by atoms with Gasteiger partial charge in [-0.1, -0.05) is 27.7 Å². The third kappa shape index (κ3) is 3.84. The molecule has 2 aromatic heterocycles. The van der Waals surface area contributed by atoms with Crippen molar-refractivity contribution >= 4 is 11.7 Å². The largest absolute Gasteiger partial charge is 0.310 e. The summed E-state index contributed by atoms with van der Waals surface area (Å²) in [5, 5.41) is 2.76. The minimum atomic E-state index is -0.0694. The fraction of sp³-hybridized carbons (Fsp3) is 0.375. The fourth-order valence-corrected chi connectivity index (χ4v) is 1.69. The molecule has 0 saturated carbocycles. The lowest BCUT2D eigenvalue weighted by Gasteiger charge is -2.08. The molecular formula is C16H20N4O. The summed E-state index contributed by atoms with van der Waals surface area (Å²) < 4.78 is 0. The summed E-state index contributed by atoms with van der Waals surface area (Å²) in [5.74, 6) is 0.761. The Bertz CT molecular complexity index is 620. The van der Waals surface area contributed by atoms with Crippen LogP contribution in [0.3, 0.4) is 0 Å². The molecule has 0 unspecified atom stereocenters. The number of nitrogens with zero attached hydrogens (tertiary/aromatic N) is 3. The highest BCUT2D eigenvalue weighted by Gasteiger charge is 2.09. The van der Waals surface area contributed by atoms with Gasteiger partial charge in [0.1, 0.15) is 5.82 Å². The highest BCUT2D eigenvalue weighted by Crippen LogP contribution is 2.19. The molecule has 0 bridgehead atoms. The van der Waals surface area contributed by atoms with E-state index in [-0.39, 0.29) is 11.8 Å². The van der Waals surface area contributed by atoms with Crippen LogP contribution in [0.1, 0.15) is 39.3 Å². The van der Waals surface area contributed by atoms with Crippen LogP contribution in [-0.4, -0.2) is 20.9 Å². The lowest BCUT2D eigenvalue weighted by molar-refractivity contribution is -0.118. The molecule has 2 aromatic rings. The van der Waals surface area contributed by atoms with Crippen LogP contribution >= 0.6 is 0 Å². The number of carbonyl (C=O) groups is 1. The minimum absolute atomic E-state index is 0.0446. The molecule has 1 N–H and O–H groups in total. The van der Waals surface area contributed by atoms with Gasteiger partial charge in [0.05, 0.1) is 17.6 Å². The van der Waals surface area contributed by atoms with Crippen molar-refractivity contribution in [3.8, 4) is 11.3 Å². The van der Waals surface area contributed by atoms with Crippen molar-refractivity contribution in [1.29, 1.82) is 0 Å². The standard InChI is InChI=1S/C16H20N4O/c1-10(2)13-8-17-9-14(19-13)12-5-6-15(18-7-12)20-16(21)11(3)4/h5-11H,1-4H3,(H,18,20,21). The Morgan fingerprint density at radius 1 is 1.10 bits per heavy atom. The van der Waals surface area contributed by atoms with E-state index in [1.165, 1.54) is 0 Å². The number of amides is 1. The van der Waals surface area contributed by atoms with E-state index in [0.717, 1.165) is 17.0 Å². The topological polar surface area (TPSA) is 67.8 Å². The van der Waals surface area contributed by atoms with Gasteiger partial charge in [-0.05, 0) is 18.1 Å². The van der Waals surface area contributed by atoms with Crippen LogP contribution in [0.5, 0.6) is 0 Å². The first-order chi connectivity index (χ1) is 9.97. The lowest BCUT2D eigenvalue weighted by atomic mass is 10.1. The third-order valence-electron chi connectivity index (χ3n) is 3.08. The summed E-state index contributed by atoms with van der Waals surface area (Å²) in [4.78, 5) is 24.7. The zero-order valence-electron chi connectivity index (χ0n) is 12.8. The molecule has 0 aromatic carbocycles. The van der Waals surface area contributed by atoms with Gasteiger partial charge in [0.25, 0.3) is 0 Å². The van der Waals surface area contributed by atoms with E-state index >= 15 is 0 Å². The first kappa shape index (κ1) is 15.1. The van der Waals surface area contributed by atoms with Crippen molar-refractivity contribution in [2.45, 2.75) is 33.6 Å². The van der Waals surface area contributed by atoms with Crippen LogP contribution in [0.4, 0.5) is 5.82 Å². The normalized spacial score (nSPS) is 11.0. The van der Waals surface area contributed by atoms with Gasteiger partial charge in [-0.3, -0.25) is 9.78 Å². The molecule has 0 saturated heterocycles. The van der Waals surface area contributed by atoms with Crippen molar-refractivity contribution in [3.63, 3.8) is 0 Å². The molecule has 0 atom stereocenters. The number of pyridine rings is 1. The van der Waals surface area contributed by atoms with Gasteiger partial charge in [0.15, 0.2) is 0 Å². The summed E-state index contributed by atoms with van der Waals surface area (Å²) in [5.41, 5.74) is 2.62. The molecule has 2 rings (SSSR count). The molecule has 5 heteroatoms. The maximum Gasteiger partial charge on any atom is 0.228 e. The van der Waals surface area contributed by atoms with E-state index in [0.29, 0.717) is 11.7 Å². The molecule has 110 valence electrons. The number of hydrogen-bond acceptors (Lipinski definition) is 4. The molecule has 0 aliphatic heterocycles. The second kappa shape index (κ2) is 6.43. The quantitative estimate of drug-likeness (QED) is 0.935. The van der Waals surface area contributed by atoms with E-state index in [1.807, 2.05) is 19.9 Å². The summed E-state index contributed by atoms with van der Waals surface area (Å²) in [6.07, 6.45) is 5.19. The molecule has 0 aliphatic carbocycles. The van der Waals surface area contributed by atoms with Crippen molar-refractivity contribution < 1.29 is 4.79 Å². The van der Waals surface area contributed by atoms with Crippen LogP contribution in [-0.2, 0) is 4.79 Å². The van der Waals surface area contributed by atoms with E-state index in [2.05, 4.69) is 34.1 Å². The zero-order chi connectivity index (χ0) is 15.4. The molecule has 5 nitrogen and oxygen atoms in total. The van der Waals surface area contributed by atoms with Gasteiger partial charge in [-0.25, -0.2) is 9.97 Å². The molecule has 2 heterocycles. The van der Waals surface area contributed by atoms with E-state index in [9.17, 15) is 4.79 Å². The van der Waals surface area contributed by atoms with Crippen LogP contribution in [0.15, 0.2) is 30.7 Å². The second-order valence-electron chi connectivity index (χ2n) is 5.56. The molecule has 0 radical (unpaired) electrons. The molecule has 0 spiro atoms. The van der Waals surface area contributed by atoms with Crippen LogP contribution in [0, 0.1) is 5.92 Å². The number of carbonyl (C=O) groups excluding carboxylic acids is 1. The van der Waals surface area contributed by atoms with Crippen molar-refractivity contribution in [3.05, 3.63) is 36.4 Å². The van der Waals surface area contributed by atoms with Crippen LogP contribution in [0.2, 0.25) is 0 Å². The maximum absolute atomic E-state index is 11.6. The number of nitrogens with one attached hydrogen (secondary N) is 1. The van der Waals surface area contributed by atoms with Gasteiger partial charge in [-0.2, -0.15) is 0 Å². The third-order valence-corrected chi connectivity index (χ3v) is 3.08. The van der Waals surface area contributed by atoms with Gasteiger partial charge in [0.2, 0.25) is 5.91 Å². The Morgan fingerprint density at radius 3 is 2.43 bits per heavy atom. The highest BCUT2D eigenvalue weighted by molar-refractivity contribution is 5.91. The first-order valence-corrected chi connectivity index (χ1v) is 7.06. The molecule has 0 aliphatic rings. The van der Waals surface area contributed by atoms with E-state index in [1.54, 1.807) is 24.7 Å². The summed E-state index contributed by atoms with van der Waals surface area (Å²) >= 11 is 0. The highest BCUT2D eigenvalue weighted by atomic mass is 16.1. The van der Waals surface area contributed by atoms with Crippen molar-refractivity contribution in [1.82, 2.24) is 15.0 Å². The van der Waals surface area contributed by atoms with Gasteiger partial charge >= 0.3 is 0 Å². The second-order valence-corrected chi connectivity index (χ2v) is 5.56. The lowest BCUT2D eigenvalue weighted by Crippen LogP contribution is -2.18. The Labute approximate surface area is 124 Å². The molecule has 21 heavy (non-hydrogen) atoms. The summed E-state index contributed by atoms with van der Waals surface area (Å²) in [7, 11) is 0. The Hall–Kier alpha value is -2.30. The van der Waals surface area contributed by atoms with Crippen LogP contribution < -0.4 is 5.32 Å². The molecule has 1 amide bonds. The summed E-state index contributed by atoms with van der Waals surface area (Å²) in [6, 6.07) is 3.66. The summed E-state index contributed by atoms with van der Waals surface area (Å²) in [6.45, 7) is 7.85. The predicted octanol–water partition coefficient (Wildman–Crippen LogP) is 3.26. The fourth-order valence-electron chi connectivity index (χ4n) is 1.69. The number of hydrogen-bond donors (Lipinski definition) is 1. The average Bonchev–Trinajstić information content (AvgIpc) is 2.48. The van der Waals surface area contributed by atoms with Crippen molar-refractivity contribution in [2.75, 3.05) is 5.32 Å². The number of anilines is 1. The molecule has 0 fully saturated rings. The number of rotatable bonds is 4. The Kier molecular flexibility index (Phi) is 4.62. The van der Waals surface area contributed by atoms with E-state index in [4.69, 9.17) is 0 Å². The van der Waals surface area contributed by atoms with Crippen molar-refractivity contribution in [2.24, 2.45) is 5.92 Å². The first-order valence-electron chi connectivity index (χ1n) is 7.06. The smallest absolute Gasteiger partial charge is 0.228 e. The Morgan fingerprint density at radius 2 is 1.86 bits per heavy atom. The number of aromatic nitrogens is 3. The minimum Gasteiger partial charge on any atom is -0.310 e. The SMILES string of the molecule is CC(C)C(=O)Nc1ccc(-c2cncc(C(C)C)n2)cn1. The van der Waals surface area contributed by atoms with Gasteiger partial charge in [0, 0.05) is 23.9 Å². The zero-order valence-corrected chi connectivity index (χ0v) is 12.8. The maximum atomic E-state index is 11.6. The molecular weight excluding hydrogens is 264 g/mol. The predicted molar refractivity (Wildman–Crippen MR) is 82.8 cm³/mol. The monoisotopic (exact) mass is 284 g/mol. The van der Waals surface area contributed by atoms with Crippen LogP contribution in [0.25, 0.3) is 11.3 Å². The van der Waals surface area contributed by atoms with Gasteiger partial charge in [-0.15, -0.1) is 0 Å². The Balaban J connectivity index is 2.19. The van der Waals surface area contributed by atoms with E-state index < -0.39 is 0 Å².